The second-order valence-electron chi connectivity index (χ2n) is 4.06. The lowest BCUT2D eigenvalue weighted by molar-refractivity contribution is -0.168. The van der Waals surface area contributed by atoms with Crippen LogP contribution in [0.1, 0.15) is 12.5 Å². The van der Waals surface area contributed by atoms with Crippen LogP contribution in [0.2, 0.25) is 0 Å². The molecule has 0 fully saturated rings. The number of alkyl halides is 3. The Balaban J connectivity index is 2.15. The summed E-state index contributed by atoms with van der Waals surface area (Å²) in [5.41, 5.74) is 0.859. The van der Waals surface area contributed by atoms with Crippen molar-refractivity contribution in [3.63, 3.8) is 0 Å². The zero-order chi connectivity index (χ0) is 12.5. The second-order valence-corrected chi connectivity index (χ2v) is 4.06. The number of rotatable bonds is 2. The number of halogens is 3. The number of hydrogen-bond acceptors (Lipinski definition) is 2. The molecule has 0 bridgehead atoms. The van der Waals surface area contributed by atoms with Crippen LogP contribution in [-0.2, 0) is 6.54 Å². The van der Waals surface area contributed by atoms with Gasteiger partial charge in [0.25, 0.3) is 0 Å². The maximum atomic E-state index is 12.8. The molecule has 1 aromatic rings. The van der Waals surface area contributed by atoms with Crippen LogP contribution in [0.5, 0.6) is 0 Å². The van der Waals surface area contributed by atoms with Gasteiger partial charge in [-0.3, -0.25) is 4.99 Å². The lowest BCUT2D eigenvalue weighted by Gasteiger charge is -2.28. The first-order valence-electron chi connectivity index (χ1n) is 5.37. The molecule has 1 heterocycles. The summed E-state index contributed by atoms with van der Waals surface area (Å²) in [4.78, 5) is 5.20. The fraction of sp³-hybridized carbons (Fsp3) is 0.417. The molecular weight excluding hydrogens is 229 g/mol. The standard InChI is InChI=1S/C12H13F3N2/c1-9-16-7-11(12(13,14)15)17(9)8-10-5-3-2-4-6-10/h2-6,11H,7-8H2,1H3/t11-/m1/s1. The van der Waals surface area contributed by atoms with Crippen LogP contribution in [0.25, 0.3) is 0 Å². The van der Waals surface area contributed by atoms with E-state index >= 15 is 0 Å². The third-order valence-corrected chi connectivity index (χ3v) is 2.86. The minimum Gasteiger partial charge on any atom is -0.343 e. The normalized spacial score (nSPS) is 20.6. The lowest BCUT2D eigenvalue weighted by Crippen LogP contribution is -2.45. The van der Waals surface area contributed by atoms with Crippen molar-refractivity contribution in [2.24, 2.45) is 4.99 Å². The Morgan fingerprint density at radius 2 is 1.94 bits per heavy atom. The van der Waals surface area contributed by atoms with E-state index in [0.717, 1.165) is 5.56 Å². The first kappa shape index (κ1) is 12.0. The van der Waals surface area contributed by atoms with Gasteiger partial charge in [0.05, 0.1) is 12.4 Å². The van der Waals surface area contributed by atoms with Crippen molar-refractivity contribution < 1.29 is 13.2 Å². The molecule has 17 heavy (non-hydrogen) atoms. The third kappa shape index (κ3) is 2.60. The number of hydrogen-bond donors (Lipinski definition) is 0. The Labute approximate surface area is 97.8 Å². The average molecular weight is 242 g/mol. The summed E-state index contributed by atoms with van der Waals surface area (Å²) in [5, 5.41) is 0. The summed E-state index contributed by atoms with van der Waals surface area (Å²) in [6.45, 7) is 1.68. The van der Waals surface area contributed by atoms with E-state index in [1.807, 2.05) is 30.3 Å². The second kappa shape index (κ2) is 4.39. The van der Waals surface area contributed by atoms with Crippen LogP contribution >= 0.6 is 0 Å². The monoisotopic (exact) mass is 242 g/mol. The molecule has 1 aliphatic heterocycles. The van der Waals surface area contributed by atoms with Gasteiger partial charge in [-0.25, -0.2) is 0 Å². The van der Waals surface area contributed by atoms with Crippen LogP contribution in [0.15, 0.2) is 35.3 Å². The van der Waals surface area contributed by atoms with E-state index < -0.39 is 12.2 Å². The highest BCUT2D eigenvalue weighted by Crippen LogP contribution is 2.29. The predicted octanol–water partition coefficient (Wildman–Crippen LogP) is 2.85. The molecule has 2 nitrogen and oxygen atoms in total. The topological polar surface area (TPSA) is 15.6 Å². The van der Waals surface area contributed by atoms with Gasteiger partial charge in [0.2, 0.25) is 0 Å². The van der Waals surface area contributed by atoms with Crippen molar-refractivity contribution in [2.45, 2.75) is 25.7 Å². The molecule has 92 valence electrons. The summed E-state index contributed by atoms with van der Waals surface area (Å²) in [6, 6.07) is 7.64. The maximum absolute atomic E-state index is 12.8. The van der Waals surface area contributed by atoms with Crippen LogP contribution in [-0.4, -0.2) is 29.5 Å². The highest BCUT2D eigenvalue weighted by atomic mass is 19.4. The summed E-state index contributed by atoms with van der Waals surface area (Å²) >= 11 is 0. The summed E-state index contributed by atoms with van der Waals surface area (Å²) in [7, 11) is 0. The molecule has 0 unspecified atom stereocenters. The molecule has 0 N–H and O–H groups in total. The van der Waals surface area contributed by atoms with E-state index in [-0.39, 0.29) is 13.1 Å². The summed E-state index contributed by atoms with van der Waals surface area (Å²) in [6.07, 6.45) is -4.23. The van der Waals surface area contributed by atoms with Crippen LogP contribution in [0.4, 0.5) is 13.2 Å². The van der Waals surface area contributed by atoms with Crippen LogP contribution in [0.3, 0.4) is 0 Å². The van der Waals surface area contributed by atoms with Crippen molar-refractivity contribution in [1.82, 2.24) is 4.90 Å². The molecule has 0 saturated carbocycles. The van der Waals surface area contributed by atoms with Crippen molar-refractivity contribution in [3.05, 3.63) is 35.9 Å². The Morgan fingerprint density at radius 3 is 2.53 bits per heavy atom. The number of aliphatic imine (C=N–C) groups is 1. The molecule has 0 aromatic heterocycles. The van der Waals surface area contributed by atoms with E-state index in [9.17, 15) is 13.2 Å². The number of amidine groups is 1. The molecule has 1 aliphatic rings. The van der Waals surface area contributed by atoms with E-state index in [2.05, 4.69) is 4.99 Å². The Morgan fingerprint density at radius 1 is 1.29 bits per heavy atom. The fourth-order valence-corrected chi connectivity index (χ4v) is 1.92. The molecule has 0 saturated heterocycles. The van der Waals surface area contributed by atoms with E-state index in [1.165, 1.54) is 4.90 Å². The third-order valence-electron chi connectivity index (χ3n) is 2.86. The molecule has 0 spiro atoms. The van der Waals surface area contributed by atoms with Gasteiger partial charge in [0.15, 0.2) is 0 Å². The van der Waals surface area contributed by atoms with E-state index in [1.54, 1.807) is 6.92 Å². The zero-order valence-corrected chi connectivity index (χ0v) is 9.41. The molecule has 0 radical (unpaired) electrons. The molecule has 0 aliphatic carbocycles. The SMILES string of the molecule is CC1=NC[C@H](C(F)(F)F)N1Cc1ccccc1. The Kier molecular flexibility index (Phi) is 3.09. The van der Waals surface area contributed by atoms with Crippen molar-refractivity contribution in [1.29, 1.82) is 0 Å². The smallest absolute Gasteiger partial charge is 0.343 e. The minimum atomic E-state index is -4.23. The molecule has 1 atom stereocenters. The quantitative estimate of drug-likeness (QED) is 0.778. The van der Waals surface area contributed by atoms with Crippen LogP contribution in [0, 0.1) is 0 Å². The lowest BCUT2D eigenvalue weighted by atomic mass is 10.2. The fourth-order valence-electron chi connectivity index (χ4n) is 1.92. The molecular formula is C12H13F3N2. The van der Waals surface area contributed by atoms with Gasteiger partial charge in [0, 0.05) is 6.54 Å². The van der Waals surface area contributed by atoms with E-state index in [4.69, 9.17) is 0 Å². The van der Waals surface area contributed by atoms with Gasteiger partial charge in [-0.15, -0.1) is 0 Å². The minimum absolute atomic E-state index is 0.192. The van der Waals surface area contributed by atoms with Gasteiger partial charge in [-0.1, -0.05) is 30.3 Å². The van der Waals surface area contributed by atoms with Gasteiger partial charge in [-0.2, -0.15) is 13.2 Å². The van der Waals surface area contributed by atoms with Gasteiger partial charge in [-0.05, 0) is 12.5 Å². The molecule has 0 amide bonds. The van der Waals surface area contributed by atoms with Gasteiger partial charge >= 0.3 is 6.18 Å². The van der Waals surface area contributed by atoms with Crippen LogP contribution < -0.4 is 0 Å². The maximum Gasteiger partial charge on any atom is 0.410 e. The largest absolute Gasteiger partial charge is 0.410 e. The molecule has 1 aromatic carbocycles. The number of nitrogens with zero attached hydrogens (tertiary/aromatic N) is 2. The average Bonchev–Trinajstić information content (AvgIpc) is 2.62. The Bertz CT molecular complexity index is 412. The first-order valence-corrected chi connectivity index (χ1v) is 5.37. The van der Waals surface area contributed by atoms with Crippen molar-refractivity contribution in [3.8, 4) is 0 Å². The highest BCUT2D eigenvalue weighted by Gasteiger charge is 2.46. The van der Waals surface area contributed by atoms with Crippen molar-refractivity contribution >= 4 is 5.84 Å². The Hall–Kier alpha value is -1.52. The molecule has 5 heteroatoms. The highest BCUT2D eigenvalue weighted by molar-refractivity contribution is 5.81. The van der Waals surface area contributed by atoms with Crippen molar-refractivity contribution in [2.75, 3.05) is 6.54 Å². The first-order chi connectivity index (χ1) is 7.98. The van der Waals surface area contributed by atoms with Gasteiger partial charge < -0.3 is 4.90 Å². The van der Waals surface area contributed by atoms with E-state index in [0.29, 0.717) is 5.84 Å². The van der Waals surface area contributed by atoms with Gasteiger partial charge in [0.1, 0.15) is 6.04 Å². The predicted molar refractivity (Wildman–Crippen MR) is 59.8 cm³/mol. The summed E-state index contributed by atoms with van der Waals surface area (Å²) < 4.78 is 38.3. The zero-order valence-electron chi connectivity index (χ0n) is 9.41. The summed E-state index contributed by atoms with van der Waals surface area (Å²) in [5.74, 6) is 0.455. The number of benzene rings is 1. The molecule has 2 rings (SSSR count).